The predicted octanol–water partition coefficient (Wildman–Crippen LogP) is 4.04. The van der Waals surface area contributed by atoms with Gasteiger partial charge in [0, 0.05) is 11.7 Å². The van der Waals surface area contributed by atoms with E-state index in [2.05, 4.69) is 27.1 Å². The lowest BCUT2D eigenvalue weighted by molar-refractivity contribution is -0.0673. The summed E-state index contributed by atoms with van der Waals surface area (Å²) in [6.45, 7) is 4.37. The molecule has 1 aliphatic carbocycles. The minimum atomic E-state index is -0.298. The summed E-state index contributed by atoms with van der Waals surface area (Å²) in [4.78, 5) is 26.4. The van der Waals surface area contributed by atoms with Crippen LogP contribution < -0.4 is 4.74 Å². The first-order valence-electron chi connectivity index (χ1n) is 11.3. The molecule has 1 saturated carbocycles. The largest absolute Gasteiger partial charge is 0.468 e. The van der Waals surface area contributed by atoms with E-state index in [9.17, 15) is 9.18 Å². The Bertz CT molecular complexity index is 1370. The summed E-state index contributed by atoms with van der Waals surface area (Å²) >= 11 is 1.31. The molecule has 5 heterocycles. The van der Waals surface area contributed by atoms with Gasteiger partial charge in [0.15, 0.2) is 5.69 Å². The molecule has 3 aromatic heterocycles. The first-order valence-corrected chi connectivity index (χ1v) is 12.2. The van der Waals surface area contributed by atoms with Crippen LogP contribution in [0.5, 0.6) is 5.19 Å². The van der Waals surface area contributed by atoms with E-state index in [-0.39, 0.29) is 29.7 Å². The second kappa shape index (κ2) is 8.12. The molecule has 3 aliphatic rings. The minimum absolute atomic E-state index is 0.116. The van der Waals surface area contributed by atoms with Crippen molar-refractivity contribution < 1.29 is 13.9 Å². The Kier molecular flexibility index (Phi) is 5.05. The highest BCUT2D eigenvalue weighted by Gasteiger charge is 2.51. The molecule has 2 saturated heterocycles. The molecule has 2 bridgehead atoms. The summed E-state index contributed by atoms with van der Waals surface area (Å²) in [5, 5.41) is 8.89. The molecule has 4 aromatic rings. The van der Waals surface area contributed by atoms with Crippen molar-refractivity contribution in [2.45, 2.75) is 38.8 Å². The Balaban J connectivity index is 1.30. The van der Waals surface area contributed by atoms with E-state index < -0.39 is 0 Å². The van der Waals surface area contributed by atoms with Crippen LogP contribution in [0.2, 0.25) is 0 Å². The number of piperidine rings is 2. The van der Waals surface area contributed by atoms with Crippen LogP contribution in [0.1, 0.15) is 35.9 Å². The van der Waals surface area contributed by atoms with Gasteiger partial charge < -0.3 is 9.64 Å². The SMILES string of the molecule is Cc1ccc(-n2nccn2)c(C(=O)N2C3CC(C3)[C@H](C)C2COc2nc3ccc(F)cc3s2)n1. The number of amides is 1. The molecule has 1 unspecified atom stereocenters. The molecule has 0 radical (unpaired) electrons. The molecule has 174 valence electrons. The number of carbonyl (C=O) groups excluding carboxylic acids is 1. The molecule has 10 heteroatoms. The Morgan fingerprint density at radius 2 is 1.97 bits per heavy atom. The fraction of sp³-hybridized carbons (Fsp3) is 0.375. The number of aryl methyl sites for hydroxylation is 1. The number of rotatable bonds is 5. The third kappa shape index (κ3) is 3.53. The lowest BCUT2D eigenvalue weighted by Gasteiger charge is -2.56. The monoisotopic (exact) mass is 478 g/mol. The molecule has 0 spiro atoms. The summed E-state index contributed by atoms with van der Waals surface area (Å²) in [6.07, 6.45) is 5.14. The van der Waals surface area contributed by atoms with Gasteiger partial charge in [0.2, 0.25) is 0 Å². The highest BCUT2D eigenvalue weighted by Crippen LogP contribution is 2.47. The fourth-order valence-corrected chi connectivity index (χ4v) is 5.95. The van der Waals surface area contributed by atoms with Gasteiger partial charge in [0.1, 0.15) is 18.1 Å². The summed E-state index contributed by atoms with van der Waals surface area (Å²) in [5.74, 6) is 0.418. The number of hydrogen-bond donors (Lipinski definition) is 0. The molecule has 2 aliphatic heterocycles. The number of thiazole rings is 1. The maximum Gasteiger partial charge on any atom is 0.275 e. The average molecular weight is 479 g/mol. The Morgan fingerprint density at radius 3 is 2.76 bits per heavy atom. The highest BCUT2D eigenvalue weighted by molar-refractivity contribution is 7.20. The molecule has 1 amide bonds. The van der Waals surface area contributed by atoms with E-state index in [1.54, 1.807) is 18.5 Å². The molecule has 34 heavy (non-hydrogen) atoms. The van der Waals surface area contributed by atoms with Gasteiger partial charge in [0.05, 0.1) is 28.7 Å². The fourth-order valence-electron chi connectivity index (χ4n) is 5.10. The van der Waals surface area contributed by atoms with E-state index in [4.69, 9.17) is 4.74 Å². The molecule has 0 N–H and O–H groups in total. The second-order valence-electron chi connectivity index (χ2n) is 9.07. The maximum absolute atomic E-state index is 13.9. The number of ether oxygens (including phenoxy) is 1. The van der Waals surface area contributed by atoms with Crippen LogP contribution in [0.25, 0.3) is 15.9 Å². The van der Waals surface area contributed by atoms with Gasteiger partial charge in [-0.1, -0.05) is 18.3 Å². The van der Waals surface area contributed by atoms with Gasteiger partial charge >= 0.3 is 0 Å². The number of aromatic nitrogens is 5. The van der Waals surface area contributed by atoms with E-state index in [1.165, 1.54) is 28.3 Å². The van der Waals surface area contributed by atoms with Crippen molar-refractivity contribution >= 4 is 27.5 Å². The Morgan fingerprint density at radius 1 is 1.18 bits per heavy atom. The van der Waals surface area contributed by atoms with Gasteiger partial charge in [-0.25, -0.2) is 14.4 Å². The number of fused-ring (bicyclic) bond motifs is 3. The third-order valence-electron chi connectivity index (χ3n) is 7.04. The maximum atomic E-state index is 13.9. The van der Waals surface area contributed by atoms with Gasteiger partial charge in [-0.3, -0.25) is 4.79 Å². The highest BCUT2D eigenvalue weighted by atomic mass is 32.1. The van der Waals surface area contributed by atoms with Crippen LogP contribution in [0.4, 0.5) is 4.39 Å². The normalized spacial score (nSPS) is 23.7. The van der Waals surface area contributed by atoms with Crippen LogP contribution in [0, 0.1) is 24.6 Å². The number of hydrogen-bond acceptors (Lipinski definition) is 7. The second-order valence-corrected chi connectivity index (χ2v) is 10.1. The first-order chi connectivity index (χ1) is 16.5. The first kappa shape index (κ1) is 21.2. The van der Waals surface area contributed by atoms with Gasteiger partial charge in [0.25, 0.3) is 11.1 Å². The molecule has 3 fully saturated rings. The zero-order chi connectivity index (χ0) is 23.4. The number of halogens is 1. The summed E-state index contributed by atoms with van der Waals surface area (Å²) < 4.78 is 20.4. The van der Waals surface area contributed by atoms with E-state index >= 15 is 0 Å². The van der Waals surface area contributed by atoms with Crippen molar-refractivity contribution in [3.8, 4) is 10.9 Å². The molecule has 7 rings (SSSR count). The van der Waals surface area contributed by atoms with Gasteiger partial charge in [-0.15, -0.1) is 4.80 Å². The van der Waals surface area contributed by atoms with Crippen LogP contribution >= 0.6 is 11.3 Å². The smallest absolute Gasteiger partial charge is 0.275 e. The third-order valence-corrected chi connectivity index (χ3v) is 7.97. The molecular weight excluding hydrogens is 455 g/mol. The standard InChI is InChI=1S/C24H23FN6O2S/c1-13-3-6-19(31-26-7-8-27-31)22(28-13)23(32)30-17-9-15(10-17)14(2)20(30)12-33-24-29-18-5-4-16(25)11-21(18)34-24/h3-8,11,14-15,17,20H,9-10,12H2,1-2H3/t14-,15?,17?,20?/m0/s1. The molecule has 2 atom stereocenters. The molecule has 8 nitrogen and oxygen atoms in total. The summed E-state index contributed by atoms with van der Waals surface area (Å²) in [5.41, 5.74) is 2.36. The van der Waals surface area contributed by atoms with Crippen molar-refractivity contribution in [3.05, 3.63) is 59.9 Å². The van der Waals surface area contributed by atoms with Crippen LogP contribution in [0.15, 0.2) is 42.7 Å². The number of nitrogens with zero attached hydrogens (tertiary/aromatic N) is 6. The number of pyridine rings is 1. The van der Waals surface area contributed by atoms with Crippen LogP contribution in [0.3, 0.4) is 0 Å². The van der Waals surface area contributed by atoms with Crippen molar-refractivity contribution in [2.75, 3.05) is 6.61 Å². The quantitative estimate of drug-likeness (QED) is 0.430. The Labute approximate surface area is 199 Å². The van der Waals surface area contributed by atoms with Gasteiger partial charge in [-0.2, -0.15) is 10.2 Å². The predicted molar refractivity (Wildman–Crippen MR) is 125 cm³/mol. The van der Waals surface area contributed by atoms with Crippen LogP contribution in [-0.4, -0.2) is 54.5 Å². The van der Waals surface area contributed by atoms with Gasteiger partial charge in [-0.05, 0) is 61.9 Å². The lowest BCUT2D eigenvalue weighted by Crippen LogP contribution is -2.64. The van der Waals surface area contributed by atoms with E-state index in [0.29, 0.717) is 34.6 Å². The zero-order valence-corrected chi connectivity index (χ0v) is 19.6. The van der Waals surface area contributed by atoms with Crippen molar-refractivity contribution in [3.63, 3.8) is 0 Å². The van der Waals surface area contributed by atoms with Crippen molar-refractivity contribution in [2.24, 2.45) is 11.8 Å². The summed E-state index contributed by atoms with van der Waals surface area (Å²) in [6, 6.07) is 8.23. The van der Waals surface area contributed by atoms with Crippen molar-refractivity contribution in [1.29, 1.82) is 0 Å². The molecule has 1 aromatic carbocycles. The van der Waals surface area contributed by atoms with E-state index in [1.807, 2.05) is 24.0 Å². The number of benzene rings is 1. The lowest BCUT2D eigenvalue weighted by atomic mass is 9.64. The average Bonchev–Trinajstić information content (AvgIpc) is 3.46. The summed E-state index contributed by atoms with van der Waals surface area (Å²) in [7, 11) is 0. The minimum Gasteiger partial charge on any atom is -0.468 e. The Hall–Kier alpha value is -3.40. The van der Waals surface area contributed by atoms with E-state index in [0.717, 1.165) is 23.2 Å². The van der Waals surface area contributed by atoms with Crippen LogP contribution in [-0.2, 0) is 0 Å². The topological polar surface area (TPSA) is 86.0 Å². The zero-order valence-electron chi connectivity index (χ0n) is 18.8. The molecular formula is C24H23FN6O2S. The number of carbonyl (C=O) groups is 1. The van der Waals surface area contributed by atoms with Crippen molar-refractivity contribution in [1.82, 2.24) is 29.9 Å².